The molecule has 200 valence electrons. The first-order valence-corrected chi connectivity index (χ1v) is 13.5. The minimum Gasteiger partial charge on any atom is -0.466 e. The summed E-state index contributed by atoms with van der Waals surface area (Å²) < 4.78 is 51.9. The minimum atomic E-state index is -4.14. The summed E-state index contributed by atoms with van der Waals surface area (Å²) >= 11 is 0. The van der Waals surface area contributed by atoms with E-state index in [4.69, 9.17) is 4.74 Å². The van der Waals surface area contributed by atoms with Crippen molar-refractivity contribution in [1.82, 2.24) is 9.21 Å². The Morgan fingerprint density at radius 2 is 1.70 bits per heavy atom. The lowest BCUT2D eigenvalue weighted by atomic mass is 10.0. The van der Waals surface area contributed by atoms with Gasteiger partial charge in [-0.25, -0.2) is 9.18 Å². The second-order valence-corrected chi connectivity index (χ2v) is 10.5. The van der Waals surface area contributed by atoms with Gasteiger partial charge in [0.05, 0.1) is 44.6 Å². The third-order valence-electron chi connectivity index (χ3n) is 6.61. The molecule has 2 aromatic rings. The zero-order valence-electron chi connectivity index (χ0n) is 20.9. The van der Waals surface area contributed by atoms with Gasteiger partial charge in [-0.1, -0.05) is 30.3 Å². The SMILES string of the molecule is CCOC(=O)CC(c1ccccc1)N1CCN(c2ccc(N3CCN(C(=O)OC)S3(=O)=O)cc2F)CC1. The number of carbonyl (C=O) groups is 2. The first-order chi connectivity index (χ1) is 17.8. The first kappa shape index (κ1) is 26.7. The molecule has 0 spiro atoms. The van der Waals surface area contributed by atoms with E-state index in [1.165, 1.54) is 12.1 Å². The maximum absolute atomic E-state index is 15.2. The average molecular weight is 535 g/mol. The molecular weight excluding hydrogens is 503 g/mol. The van der Waals surface area contributed by atoms with Crippen LogP contribution in [0.1, 0.15) is 24.9 Å². The number of rotatable bonds is 7. The molecule has 0 aromatic heterocycles. The predicted octanol–water partition coefficient (Wildman–Crippen LogP) is 2.78. The first-order valence-electron chi connectivity index (χ1n) is 12.1. The van der Waals surface area contributed by atoms with Crippen LogP contribution in [-0.2, 0) is 24.5 Å². The highest BCUT2D eigenvalue weighted by molar-refractivity contribution is 7.91. The van der Waals surface area contributed by atoms with E-state index in [1.54, 1.807) is 13.0 Å². The lowest BCUT2D eigenvalue weighted by molar-refractivity contribution is -0.144. The van der Waals surface area contributed by atoms with Crippen molar-refractivity contribution in [3.8, 4) is 0 Å². The van der Waals surface area contributed by atoms with Gasteiger partial charge in [0.25, 0.3) is 0 Å². The summed E-state index contributed by atoms with van der Waals surface area (Å²) in [5.74, 6) is -0.813. The van der Waals surface area contributed by atoms with Gasteiger partial charge in [-0.2, -0.15) is 12.7 Å². The van der Waals surface area contributed by atoms with Crippen LogP contribution in [0.15, 0.2) is 48.5 Å². The average Bonchev–Trinajstić information content (AvgIpc) is 3.22. The third-order valence-corrected chi connectivity index (χ3v) is 8.45. The quantitative estimate of drug-likeness (QED) is 0.500. The Bertz CT molecular complexity index is 1220. The second kappa shape index (κ2) is 11.3. The molecule has 12 heteroatoms. The Balaban J connectivity index is 1.45. The van der Waals surface area contributed by atoms with E-state index in [9.17, 15) is 18.0 Å². The third kappa shape index (κ3) is 5.64. The summed E-state index contributed by atoms with van der Waals surface area (Å²) in [5, 5.41) is 0. The number of piperazine rings is 1. The van der Waals surface area contributed by atoms with E-state index in [0.717, 1.165) is 17.0 Å². The Labute approximate surface area is 216 Å². The number of anilines is 2. The number of carbonyl (C=O) groups excluding carboxylic acids is 2. The van der Waals surface area contributed by atoms with Crippen molar-refractivity contribution >= 4 is 33.6 Å². The Morgan fingerprint density at radius 3 is 2.32 bits per heavy atom. The molecule has 1 atom stereocenters. The fourth-order valence-electron chi connectivity index (χ4n) is 4.77. The molecule has 0 bridgehead atoms. The van der Waals surface area contributed by atoms with Crippen molar-refractivity contribution in [2.45, 2.75) is 19.4 Å². The highest BCUT2D eigenvalue weighted by Gasteiger charge is 2.41. The summed E-state index contributed by atoms with van der Waals surface area (Å²) in [6, 6.07) is 13.9. The Morgan fingerprint density at radius 1 is 1.00 bits per heavy atom. The predicted molar refractivity (Wildman–Crippen MR) is 136 cm³/mol. The molecule has 2 saturated heterocycles. The summed E-state index contributed by atoms with van der Waals surface area (Å²) in [6.45, 7) is 4.31. The van der Waals surface area contributed by atoms with Gasteiger partial charge >= 0.3 is 22.3 Å². The van der Waals surface area contributed by atoms with Crippen LogP contribution in [0.2, 0.25) is 0 Å². The summed E-state index contributed by atoms with van der Waals surface area (Å²) in [7, 11) is -3.03. The fourth-order valence-corrected chi connectivity index (χ4v) is 6.28. The number of esters is 1. The Hall–Kier alpha value is -3.38. The van der Waals surface area contributed by atoms with Crippen LogP contribution in [-0.4, -0.2) is 82.7 Å². The molecule has 10 nitrogen and oxygen atoms in total. The monoisotopic (exact) mass is 534 g/mol. The molecule has 0 saturated carbocycles. The molecule has 0 radical (unpaired) electrons. The number of halogens is 1. The molecule has 37 heavy (non-hydrogen) atoms. The number of nitrogens with zero attached hydrogens (tertiary/aromatic N) is 4. The lowest BCUT2D eigenvalue weighted by Crippen LogP contribution is -2.48. The molecule has 2 aliphatic rings. The van der Waals surface area contributed by atoms with Crippen molar-refractivity contribution in [2.24, 2.45) is 0 Å². The molecule has 1 unspecified atom stereocenters. The molecule has 2 aliphatic heterocycles. The zero-order chi connectivity index (χ0) is 26.6. The summed E-state index contributed by atoms with van der Waals surface area (Å²) in [4.78, 5) is 28.2. The molecule has 4 rings (SSSR count). The number of ether oxygens (including phenoxy) is 2. The van der Waals surface area contributed by atoms with E-state index in [-0.39, 0.29) is 37.2 Å². The summed E-state index contributed by atoms with van der Waals surface area (Å²) in [5.41, 5.74) is 1.53. The van der Waals surface area contributed by atoms with Crippen molar-refractivity contribution in [3.05, 3.63) is 59.9 Å². The highest BCUT2D eigenvalue weighted by Crippen LogP contribution is 2.32. The zero-order valence-corrected chi connectivity index (χ0v) is 21.7. The molecule has 0 N–H and O–H groups in total. The number of methoxy groups -OCH3 is 1. The standard InChI is InChI=1S/C25H31FN4O6S/c1-3-36-24(31)18-23(19-7-5-4-6-8-19)28-13-11-27(12-14-28)22-10-9-20(17-21(22)26)29-15-16-30(25(32)35-2)37(29,33)34/h4-10,17,23H,3,11-16,18H2,1-2H3. The molecule has 0 aliphatic carbocycles. The second-order valence-electron chi connectivity index (χ2n) is 8.72. The van der Waals surface area contributed by atoms with Crippen LogP contribution in [0.5, 0.6) is 0 Å². The van der Waals surface area contributed by atoms with Gasteiger partial charge in [0.15, 0.2) is 0 Å². The molecule has 2 heterocycles. The molecular formula is C25H31FN4O6S. The largest absolute Gasteiger partial charge is 0.466 e. The van der Waals surface area contributed by atoms with Crippen LogP contribution in [0.25, 0.3) is 0 Å². The van der Waals surface area contributed by atoms with Gasteiger partial charge in [0, 0.05) is 38.3 Å². The van der Waals surface area contributed by atoms with Crippen LogP contribution in [0, 0.1) is 5.82 Å². The van der Waals surface area contributed by atoms with Gasteiger partial charge in [0.1, 0.15) is 5.82 Å². The smallest absolute Gasteiger partial charge is 0.424 e. The molecule has 1 amide bonds. The molecule has 2 aromatic carbocycles. The van der Waals surface area contributed by atoms with Gasteiger partial charge in [-0.3, -0.25) is 14.0 Å². The van der Waals surface area contributed by atoms with Gasteiger partial charge in [-0.05, 0) is 24.6 Å². The maximum Gasteiger partial charge on any atom is 0.424 e. The maximum atomic E-state index is 15.2. The molecule has 2 fully saturated rings. The van der Waals surface area contributed by atoms with Gasteiger partial charge in [-0.15, -0.1) is 0 Å². The normalized spacial score (nSPS) is 18.5. The van der Waals surface area contributed by atoms with Crippen molar-refractivity contribution in [3.63, 3.8) is 0 Å². The van der Waals surface area contributed by atoms with Crippen LogP contribution in [0.3, 0.4) is 0 Å². The van der Waals surface area contributed by atoms with E-state index in [0.29, 0.717) is 42.8 Å². The van der Waals surface area contributed by atoms with Crippen LogP contribution >= 0.6 is 0 Å². The number of hydrogen-bond donors (Lipinski definition) is 0. The van der Waals surface area contributed by atoms with Crippen molar-refractivity contribution in [1.29, 1.82) is 0 Å². The Kier molecular flexibility index (Phi) is 8.18. The van der Waals surface area contributed by atoms with E-state index < -0.39 is 22.1 Å². The van der Waals surface area contributed by atoms with E-state index >= 15 is 4.39 Å². The minimum absolute atomic E-state index is 0.0102. The number of amides is 1. The lowest BCUT2D eigenvalue weighted by Gasteiger charge is -2.40. The highest BCUT2D eigenvalue weighted by atomic mass is 32.2. The topological polar surface area (TPSA) is 99.7 Å². The summed E-state index contributed by atoms with van der Waals surface area (Å²) in [6.07, 6.45) is -0.748. The van der Waals surface area contributed by atoms with Crippen LogP contribution in [0.4, 0.5) is 20.6 Å². The van der Waals surface area contributed by atoms with E-state index in [2.05, 4.69) is 9.64 Å². The van der Waals surface area contributed by atoms with E-state index in [1.807, 2.05) is 35.2 Å². The van der Waals surface area contributed by atoms with Crippen molar-refractivity contribution < 1.29 is 31.9 Å². The number of benzene rings is 2. The van der Waals surface area contributed by atoms with Gasteiger partial charge in [0.2, 0.25) is 0 Å². The number of hydrogen-bond acceptors (Lipinski definition) is 8. The van der Waals surface area contributed by atoms with Crippen molar-refractivity contribution in [2.75, 3.05) is 62.2 Å². The van der Waals surface area contributed by atoms with Gasteiger partial charge < -0.3 is 14.4 Å². The fraction of sp³-hybridized carbons (Fsp3) is 0.440. The van der Waals surface area contributed by atoms with Crippen LogP contribution < -0.4 is 9.21 Å².